The van der Waals surface area contributed by atoms with E-state index in [4.69, 9.17) is 20.7 Å². The highest BCUT2D eigenvalue weighted by Gasteiger charge is 2.28. The lowest BCUT2D eigenvalue weighted by molar-refractivity contribution is -0.131. The molecule has 10 heteroatoms. The number of nitrogen functional groups attached to an aromatic ring is 1. The van der Waals surface area contributed by atoms with Gasteiger partial charge in [0.05, 0.1) is 11.4 Å². The molecule has 2 aromatic carbocycles. The molecule has 0 saturated carbocycles. The standard InChI is InChI=1S/C32H37N7O3/c33-31-29-30(24-8-10-27(11-9-24)42-26-5-2-1-3-6-26)36-39(32(29)35-22-34-31)25-14-19-38(20-15-25)21-23-12-17-37(18-13-23)16-4-7-28(40)41/h1-11,22-23,25H,12-21H2,(H,40,41)(H2,33,34,35)/b7-4+. The summed E-state index contributed by atoms with van der Waals surface area (Å²) in [5.41, 5.74) is 8.90. The van der Waals surface area contributed by atoms with Crippen LogP contribution in [0.3, 0.4) is 0 Å². The minimum Gasteiger partial charge on any atom is -0.478 e. The molecule has 0 radical (unpaired) electrons. The summed E-state index contributed by atoms with van der Waals surface area (Å²) in [6, 6.07) is 17.9. The third kappa shape index (κ3) is 6.45. The number of fused-ring (bicyclic) bond motifs is 1. The van der Waals surface area contributed by atoms with Crippen molar-refractivity contribution in [2.75, 3.05) is 45.0 Å². The van der Waals surface area contributed by atoms with Gasteiger partial charge in [-0.25, -0.2) is 19.4 Å². The number of aromatic nitrogens is 4. The molecule has 4 aromatic rings. The summed E-state index contributed by atoms with van der Waals surface area (Å²) in [5.74, 6) is 1.78. The van der Waals surface area contributed by atoms with Crippen LogP contribution in [-0.4, -0.2) is 79.9 Å². The molecule has 0 atom stereocenters. The number of rotatable bonds is 9. The largest absolute Gasteiger partial charge is 0.478 e. The maximum Gasteiger partial charge on any atom is 0.328 e. The van der Waals surface area contributed by atoms with E-state index < -0.39 is 5.97 Å². The molecule has 2 aliphatic rings. The quantitative estimate of drug-likeness (QED) is 0.273. The highest BCUT2D eigenvalue weighted by atomic mass is 16.5. The molecule has 0 aliphatic carbocycles. The zero-order valence-electron chi connectivity index (χ0n) is 23.7. The molecule has 2 aromatic heterocycles. The van der Waals surface area contributed by atoms with Gasteiger partial charge in [0.2, 0.25) is 0 Å². The summed E-state index contributed by atoms with van der Waals surface area (Å²) < 4.78 is 8.04. The van der Waals surface area contributed by atoms with E-state index in [9.17, 15) is 4.79 Å². The van der Waals surface area contributed by atoms with E-state index in [1.54, 1.807) is 6.08 Å². The lowest BCUT2D eigenvalue weighted by atomic mass is 9.94. The molecule has 6 rings (SSSR count). The number of carbonyl (C=O) groups is 1. The first-order valence-corrected chi connectivity index (χ1v) is 14.7. The number of ether oxygens (including phenoxy) is 1. The molecule has 3 N–H and O–H groups in total. The Morgan fingerprint density at radius 2 is 1.62 bits per heavy atom. The zero-order valence-corrected chi connectivity index (χ0v) is 23.7. The third-order valence-electron chi connectivity index (χ3n) is 8.38. The molecule has 0 unspecified atom stereocenters. The van der Waals surface area contributed by atoms with Crippen molar-refractivity contribution in [3.63, 3.8) is 0 Å². The highest BCUT2D eigenvalue weighted by Crippen LogP contribution is 2.35. The Kier molecular flexibility index (Phi) is 8.43. The zero-order chi connectivity index (χ0) is 28.9. The fourth-order valence-corrected chi connectivity index (χ4v) is 6.12. The van der Waals surface area contributed by atoms with Gasteiger partial charge in [-0.2, -0.15) is 5.10 Å². The van der Waals surface area contributed by atoms with E-state index in [-0.39, 0.29) is 6.04 Å². The predicted octanol–water partition coefficient (Wildman–Crippen LogP) is 4.86. The van der Waals surface area contributed by atoms with Gasteiger partial charge in [0.25, 0.3) is 0 Å². The summed E-state index contributed by atoms with van der Waals surface area (Å²) in [6.07, 6.45) is 8.81. The van der Waals surface area contributed by atoms with Crippen LogP contribution >= 0.6 is 0 Å². The lowest BCUT2D eigenvalue weighted by Gasteiger charge is -2.37. The Morgan fingerprint density at radius 3 is 2.33 bits per heavy atom. The highest BCUT2D eigenvalue weighted by molar-refractivity contribution is 5.98. The van der Waals surface area contributed by atoms with Crippen LogP contribution in [0, 0.1) is 5.92 Å². The summed E-state index contributed by atoms with van der Waals surface area (Å²) in [7, 11) is 0. The maximum absolute atomic E-state index is 10.7. The molecule has 4 heterocycles. The molecule has 2 saturated heterocycles. The van der Waals surface area contributed by atoms with E-state index in [0.29, 0.717) is 18.3 Å². The molecule has 0 spiro atoms. The van der Waals surface area contributed by atoms with E-state index in [2.05, 4.69) is 24.4 Å². The Morgan fingerprint density at radius 1 is 0.929 bits per heavy atom. The molecule has 0 amide bonds. The summed E-state index contributed by atoms with van der Waals surface area (Å²) in [4.78, 5) is 24.5. The van der Waals surface area contributed by atoms with Crippen LogP contribution in [0.1, 0.15) is 31.7 Å². The van der Waals surface area contributed by atoms with Gasteiger partial charge in [-0.15, -0.1) is 0 Å². The first-order valence-electron chi connectivity index (χ1n) is 14.7. The fourth-order valence-electron chi connectivity index (χ4n) is 6.12. The average molecular weight is 568 g/mol. The van der Waals surface area contributed by atoms with E-state index in [0.717, 1.165) is 92.2 Å². The normalized spacial score (nSPS) is 17.7. The van der Waals surface area contributed by atoms with Crippen molar-refractivity contribution in [3.8, 4) is 22.8 Å². The summed E-state index contributed by atoms with van der Waals surface area (Å²) in [5, 5.41) is 14.7. The summed E-state index contributed by atoms with van der Waals surface area (Å²) >= 11 is 0. The molecule has 0 bridgehead atoms. The van der Waals surface area contributed by atoms with Gasteiger partial charge in [-0.1, -0.05) is 24.3 Å². The Hall–Kier alpha value is -4.28. The van der Waals surface area contributed by atoms with Crippen molar-refractivity contribution in [1.29, 1.82) is 0 Å². The molecular formula is C32H37N7O3. The number of benzene rings is 2. The van der Waals surface area contributed by atoms with Gasteiger partial charge >= 0.3 is 5.97 Å². The molecule has 2 aliphatic heterocycles. The van der Waals surface area contributed by atoms with Crippen LogP contribution in [0.5, 0.6) is 11.5 Å². The van der Waals surface area contributed by atoms with E-state index in [1.165, 1.54) is 12.4 Å². The van der Waals surface area contributed by atoms with Gasteiger partial charge in [-0.3, -0.25) is 4.90 Å². The Labute approximate surface area is 245 Å². The number of nitrogens with two attached hydrogens (primary N) is 1. The Balaban J connectivity index is 1.09. The minimum absolute atomic E-state index is 0.246. The number of piperidine rings is 2. The monoisotopic (exact) mass is 567 g/mol. The van der Waals surface area contributed by atoms with Gasteiger partial charge < -0.3 is 20.5 Å². The number of anilines is 1. The van der Waals surface area contributed by atoms with Crippen molar-refractivity contribution in [2.24, 2.45) is 5.92 Å². The smallest absolute Gasteiger partial charge is 0.328 e. The van der Waals surface area contributed by atoms with Crippen LogP contribution in [0.25, 0.3) is 22.3 Å². The van der Waals surface area contributed by atoms with Gasteiger partial charge in [0.15, 0.2) is 5.65 Å². The van der Waals surface area contributed by atoms with E-state index in [1.807, 2.05) is 54.6 Å². The second-order valence-electron chi connectivity index (χ2n) is 11.2. The van der Waals surface area contributed by atoms with Crippen LogP contribution in [-0.2, 0) is 4.79 Å². The van der Waals surface area contributed by atoms with Crippen molar-refractivity contribution < 1.29 is 14.6 Å². The fraction of sp³-hybridized carbons (Fsp3) is 0.375. The topological polar surface area (TPSA) is 123 Å². The van der Waals surface area contributed by atoms with Crippen molar-refractivity contribution >= 4 is 22.8 Å². The number of likely N-dealkylation sites (tertiary alicyclic amines) is 2. The number of carboxylic acid groups (broad SMARTS) is 1. The number of aliphatic carboxylic acids is 1. The lowest BCUT2D eigenvalue weighted by Crippen LogP contribution is -2.42. The first-order chi connectivity index (χ1) is 20.5. The van der Waals surface area contributed by atoms with Gasteiger partial charge in [0, 0.05) is 37.8 Å². The molecular weight excluding hydrogens is 530 g/mol. The number of hydrogen-bond donors (Lipinski definition) is 2. The number of carboxylic acids is 1. The minimum atomic E-state index is -0.883. The molecule has 218 valence electrons. The number of hydrogen-bond acceptors (Lipinski definition) is 8. The van der Waals surface area contributed by atoms with Crippen molar-refractivity contribution in [1.82, 2.24) is 29.5 Å². The van der Waals surface area contributed by atoms with E-state index >= 15 is 0 Å². The van der Waals surface area contributed by atoms with Crippen molar-refractivity contribution in [2.45, 2.75) is 31.7 Å². The molecule has 2 fully saturated rings. The van der Waals surface area contributed by atoms with Crippen LogP contribution in [0.4, 0.5) is 5.82 Å². The summed E-state index contributed by atoms with van der Waals surface area (Å²) in [6.45, 7) is 5.92. The van der Waals surface area contributed by atoms with Crippen molar-refractivity contribution in [3.05, 3.63) is 73.1 Å². The van der Waals surface area contributed by atoms with Crippen LogP contribution in [0.2, 0.25) is 0 Å². The first kappa shape index (κ1) is 27.9. The Bertz CT molecular complexity index is 1520. The van der Waals surface area contributed by atoms with Crippen LogP contribution < -0.4 is 10.5 Å². The SMILES string of the molecule is Nc1ncnc2c1c(-c1ccc(Oc3ccccc3)cc1)nn2C1CCN(CC2CCN(C/C=C/C(=O)O)CC2)CC1. The van der Waals surface area contributed by atoms with Crippen LogP contribution in [0.15, 0.2) is 73.1 Å². The molecule has 10 nitrogen and oxygen atoms in total. The average Bonchev–Trinajstić information content (AvgIpc) is 3.40. The second kappa shape index (κ2) is 12.7. The third-order valence-corrected chi connectivity index (χ3v) is 8.38. The number of para-hydroxylation sites is 1. The van der Waals surface area contributed by atoms with Gasteiger partial charge in [0.1, 0.15) is 29.3 Å². The van der Waals surface area contributed by atoms with Gasteiger partial charge in [-0.05, 0) is 81.1 Å². The maximum atomic E-state index is 10.7. The number of nitrogens with zero attached hydrogens (tertiary/aromatic N) is 6. The predicted molar refractivity (Wildman–Crippen MR) is 162 cm³/mol. The molecule has 42 heavy (non-hydrogen) atoms. The second-order valence-corrected chi connectivity index (χ2v) is 11.2.